The minimum Gasteiger partial charge on any atom is -0.497 e. The topological polar surface area (TPSA) is 38.8 Å². The van der Waals surface area contributed by atoms with Crippen molar-refractivity contribution in [2.45, 2.75) is 32.0 Å². The molecule has 0 aliphatic carbocycles. The molecule has 3 fully saturated rings. The van der Waals surface area contributed by atoms with Crippen LogP contribution in [0.5, 0.6) is 5.75 Å². The van der Waals surface area contributed by atoms with E-state index in [2.05, 4.69) is 12.1 Å². The van der Waals surface area contributed by atoms with Gasteiger partial charge in [-0.2, -0.15) is 0 Å². The molecule has 0 saturated carbocycles. The first-order valence-electron chi connectivity index (χ1n) is 12.2. The standard InChI is InChI=1S/C29H33N2O3/c1-33-27-14-12-24(13-15-27)21-31-18-16-25(17-19-31)28(22-31)34-29(32)30(26-10-6-3-7-11-26)20-23-8-4-2-5-9-23/h2-15,25,28H,16-22H2,1H3/q+1/t25?,28-,31?/m0/s1. The molecule has 0 unspecified atom stereocenters. The van der Waals surface area contributed by atoms with Crippen molar-refractivity contribution < 1.29 is 18.8 Å². The Morgan fingerprint density at radius 3 is 2.18 bits per heavy atom. The third kappa shape index (κ3) is 4.95. The second-order valence-corrected chi connectivity index (χ2v) is 9.64. The highest BCUT2D eigenvalue weighted by Gasteiger charge is 2.48. The molecule has 3 aromatic carbocycles. The molecule has 3 aliphatic heterocycles. The summed E-state index contributed by atoms with van der Waals surface area (Å²) in [5.74, 6) is 1.33. The van der Waals surface area contributed by atoms with E-state index in [1.54, 1.807) is 12.0 Å². The Morgan fingerprint density at radius 1 is 0.882 bits per heavy atom. The van der Waals surface area contributed by atoms with Gasteiger partial charge < -0.3 is 14.0 Å². The van der Waals surface area contributed by atoms with Crippen molar-refractivity contribution in [2.75, 3.05) is 31.6 Å². The van der Waals surface area contributed by atoms with Crippen LogP contribution in [-0.2, 0) is 17.8 Å². The number of amides is 1. The number of para-hydroxylation sites is 1. The number of hydrogen-bond donors (Lipinski definition) is 0. The van der Waals surface area contributed by atoms with Gasteiger partial charge in [0.15, 0.2) is 6.10 Å². The van der Waals surface area contributed by atoms with E-state index < -0.39 is 0 Å². The molecule has 3 saturated heterocycles. The number of hydrogen-bond acceptors (Lipinski definition) is 3. The van der Waals surface area contributed by atoms with Gasteiger partial charge in [0.05, 0.1) is 26.7 Å². The number of carbonyl (C=O) groups is 1. The molecular weight excluding hydrogens is 424 g/mol. The lowest BCUT2D eigenvalue weighted by Crippen LogP contribution is -2.64. The summed E-state index contributed by atoms with van der Waals surface area (Å²) in [6.45, 7) is 4.65. The number of ether oxygens (including phenoxy) is 2. The summed E-state index contributed by atoms with van der Waals surface area (Å²) in [6, 6.07) is 28.3. The Balaban J connectivity index is 1.31. The van der Waals surface area contributed by atoms with Crippen LogP contribution in [-0.4, -0.2) is 43.4 Å². The molecule has 1 amide bonds. The van der Waals surface area contributed by atoms with Crippen molar-refractivity contribution in [1.29, 1.82) is 0 Å². The quantitative estimate of drug-likeness (QED) is 0.431. The molecule has 34 heavy (non-hydrogen) atoms. The Hall–Kier alpha value is -3.31. The minimum absolute atomic E-state index is 0.0461. The van der Waals surface area contributed by atoms with Crippen LogP contribution < -0.4 is 9.64 Å². The number of rotatable bonds is 7. The highest BCUT2D eigenvalue weighted by atomic mass is 16.6. The third-order valence-corrected chi connectivity index (χ3v) is 7.44. The maximum atomic E-state index is 13.5. The van der Waals surface area contributed by atoms with E-state index >= 15 is 0 Å². The molecule has 0 N–H and O–H groups in total. The zero-order valence-corrected chi connectivity index (χ0v) is 19.8. The molecule has 6 rings (SSSR count). The van der Waals surface area contributed by atoms with Crippen LogP contribution in [0, 0.1) is 5.92 Å². The summed E-state index contributed by atoms with van der Waals surface area (Å²) >= 11 is 0. The Labute approximate surface area is 202 Å². The smallest absolute Gasteiger partial charge is 0.415 e. The zero-order valence-electron chi connectivity index (χ0n) is 19.8. The summed E-state index contributed by atoms with van der Waals surface area (Å²) in [5, 5.41) is 0. The van der Waals surface area contributed by atoms with Gasteiger partial charge in [0, 0.05) is 30.0 Å². The van der Waals surface area contributed by atoms with Gasteiger partial charge in [-0.15, -0.1) is 0 Å². The van der Waals surface area contributed by atoms with Crippen LogP contribution in [0.3, 0.4) is 0 Å². The second kappa shape index (κ2) is 9.90. The summed E-state index contributed by atoms with van der Waals surface area (Å²) in [4.78, 5) is 15.3. The fourth-order valence-corrected chi connectivity index (χ4v) is 5.52. The summed E-state index contributed by atoms with van der Waals surface area (Å²) in [5.41, 5.74) is 3.25. The number of benzene rings is 3. The summed E-state index contributed by atoms with van der Waals surface area (Å²) < 4.78 is 12.6. The molecule has 0 aromatic heterocycles. The molecule has 1 atom stereocenters. The molecule has 3 aromatic rings. The van der Waals surface area contributed by atoms with Crippen molar-refractivity contribution >= 4 is 11.8 Å². The maximum absolute atomic E-state index is 13.5. The lowest BCUT2D eigenvalue weighted by molar-refractivity contribution is -0.958. The zero-order chi connectivity index (χ0) is 23.4. The highest BCUT2D eigenvalue weighted by molar-refractivity contribution is 5.87. The van der Waals surface area contributed by atoms with Crippen molar-refractivity contribution in [1.82, 2.24) is 0 Å². The average Bonchev–Trinajstić information content (AvgIpc) is 2.89. The van der Waals surface area contributed by atoms with Crippen LogP contribution in [0.2, 0.25) is 0 Å². The van der Waals surface area contributed by atoms with Crippen molar-refractivity contribution in [3.63, 3.8) is 0 Å². The van der Waals surface area contributed by atoms with Gasteiger partial charge >= 0.3 is 6.09 Å². The lowest BCUT2D eigenvalue weighted by Gasteiger charge is -2.52. The average molecular weight is 458 g/mol. The molecule has 3 aliphatic rings. The lowest BCUT2D eigenvalue weighted by atomic mass is 9.83. The first kappa shape index (κ1) is 22.5. The number of anilines is 1. The van der Waals surface area contributed by atoms with Gasteiger partial charge in [-0.3, -0.25) is 4.90 Å². The molecule has 176 valence electrons. The predicted octanol–water partition coefficient (Wildman–Crippen LogP) is 5.65. The van der Waals surface area contributed by atoms with Crippen LogP contribution in [0.1, 0.15) is 24.0 Å². The maximum Gasteiger partial charge on any atom is 0.415 e. The van der Waals surface area contributed by atoms with E-state index in [1.165, 1.54) is 5.56 Å². The minimum atomic E-state index is -0.253. The monoisotopic (exact) mass is 457 g/mol. The van der Waals surface area contributed by atoms with Crippen LogP contribution in [0.15, 0.2) is 84.9 Å². The molecular formula is C29H33N2O3+. The summed E-state index contributed by atoms with van der Waals surface area (Å²) in [7, 11) is 1.70. The van der Waals surface area contributed by atoms with Crippen LogP contribution in [0.25, 0.3) is 0 Å². The van der Waals surface area contributed by atoms with Crippen molar-refractivity contribution in [3.05, 3.63) is 96.1 Å². The normalized spacial score (nSPS) is 23.3. The fourth-order valence-electron chi connectivity index (χ4n) is 5.52. The van der Waals surface area contributed by atoms with Crippen LogP contribution in [0.4, 0.5) is 10.5 Å². The number of piperidine rings is 3. The Bertz CT molecular complexity index is 1080. The van der Waals surface area contributed by atoms with E-state index in [0.717, 1.165) is 60.5 Å². The van der Waals surface area contributed by atoms with Gasteiger partial charge in [0.1, 0.15) is 18.8 Å². The molecule has 5 nitrogen and oxygen atoms in total. The first-order chi connectivity index (χ1) is 16.6. The molecule has 2 bridgehead atoms. The van der Waals surface area contributed by atoms with Gasteiger partial charge in [-0.05, 0) is 42.0 Å². The third-order valence-electron chi connectivity index (χ3n) is 7.44. The van der Waals surface area contributed by atoms with Gasteiger partial charge in [-0.25, -0.2) is 4.79 Å². The second-order valence-electron chi connectivity index (χ2n) is 9.64. The molecule has 3 heterocycles. The predicted molar refractivity (Wildman–Crippen MR) is 134 cm³/mol. The fraction of sp³-hybridized carbons (Fsp3) is 0.345. The van der Waals surface area contributed by atoms with Gasteiger partial charge in [0.25, 0.3) is 0 Å². The Kier molecular flexibility index (Phi) is 6.54. The van der Waals surface area contributed by atoms with E-state index in [1.807, 2.05) is 72.8 Å². The molecule has 0 radical (unpaired) electrons. The molecule has 5 heteroatoms. The number of quaternary nitrogens is 1. The SMILES string of the molecule is COc1ccc(C[N+]23CCC(CC2)[C@@H](OC(=O)N(Cc2ccccc2)c2ccccc2)C3)cc1. The van der Waals surface area contributed by atoms with Gasteiger partial charge in [-0.1, -0.05) is 48.5 Å². The van der Waals surface area contributed by atoms with Crippen LogP contribution >= 0.6 is 0 Å². The van der Waals surface area contributed by atoms with E-state index in [0.29, 0.717) is 12.5 Å². The molecule has 0 spiro atoms. The van der Waals surface area contributed by atoms with Crippen molar-refractivity contribution in [2.24, 2.45) is 5.92 Å². The number of nitrogens with zero attached hydrogens (tertiary/aromatic N) is 2. The van der Waals surface area contributed by atoms with E-state index in [-0.39, 0.29) is 12.2 Å². The largest absolute Gasteiger partial charge is 0.497 e. The number of methoxy groups -OCH3 is 1. The van der Waals surface area contributed by atoms with E-state index in [9.17, 15) is 4.79 Å². The Morgan fingerprint density at radius 2 is 1.53 bits per heavy atom. The number of fused-ring (bicyclic) bond motifs is 3. The van der Waals surface area contributed by atoms with Gasteiger partial charge in [0.2, 0.25) is 0 Å². The summed E-state index contributed by atoms with van der Waals surface area (Å²) in [6.07, 6.45) is 1.92. The first-order valence-corrected chi connectivity index (χ1v) is 12.2. The van der Waals surface area contributed by atoms with Crippen molar-refractivity contribution in [3.8, 4) is 5.75 Å². The van der Waals surface area contributed by atoms with E-state index in [4.69, 9.17) is 9.47 Å². The highest BCUT2D eigenvalue weighted by Crippen LogP contribution is 2.37. The number of carbonyl (C=O) groups excluding carboxylic acids is 1.